The molecule has 1 aromatic carbocycles. The molecule has 0 aliphatic rings. The maximum absolute atomic E-state index is 11.9. The Hall–Kier alpha value is -1.51. The number of aryl methyl sites for hydroxylation is 1. The van der Waals surface area contributed by atoms with E-state index in [1.165, 1.54) is 0 Å². The Morgan fingerprint density at radius 3 is 2.56 bits per heavy atom. The van der Waals surface area contributed by atoms with Gasteiger partial charge >= 0.3 is 0 Å². The van der Waals surface area contributed by atoms with Gasteiger partial charge in [0.15, 0.2) is 0 Å². The highest BCUT2D eigenvalue weighted by Crippen LogP contribution is 2.25. The van der Waals surface area contributed by atoms with E-state index in [1.54, 1.807) is 32.2 Å². The van der Waals surface area contributed by atoms with Crippen LogP contribution in [0.4, 0.5) is 0 Å². The number of hydrogen-bond acceptors (Lipinski definition) is 2. The monoisotopic (exact) mass is 221 g/mol. The zero-order chi connectivity index (χ0) is 12.1. The molecular weight excluding hydrogens is 202 g/mol. The maximum Gasteiger partial charge on any atom is 0.257 e. The molecule has 16 heavy (non-hydrogen) atoms. The number of benzene rings is 1. The molecule has 0 bridgehead atoms. The van der Waals surface area contributed by atoms with Gasteiger partial charge in [-0.05, 0) is 18.1 Å². The van der Waals surface area contributed by atoms with Crippen LogP contribution in [0.5, 0.6) is 5.75 Å². The zero-order valence-corrected chi connectivity index (χ0v) is 10.4. The third-order valence-electron chi connectivity index (χ3n) is 2.46. The molecule has 1 rings (SSSR count). The fourth-order valence-corrected chi connectivity index (χ4v) is 1.70. The molecule has 3 heteroatoms. The second-order valence-corrected chi connectivity index (χ2v) is 3.95. The smallest absolute Gasteiger partial charge is 0.257 e. The van der Waals surface area contributed by atoms with Crippen molar-refractivity contribution in [1.82, 2.24) is 4.90 Å². The molecule has 0 saturated carbocycles. The summed E-state index contributed by atoms with van der Waals surface area (Å²) in [5, 5.41) is 0. The van der Waals surface area contributed by atoms with Gasteiger partial charge in [-0.1, -0.05) is 25.5 Å². The van der Waals surface area contributed by atoms with Gasteiger partial charge in [0, 0.05) is 14.1 Å². The molecule has 1 aromatic rings. The number of carbonyl (C=O) groups is 1. The quantitative estimate of drug-likeness (QED) is 0.781. The van der Waals surface area contributed by atoms with E-state index in [2.05, 4.69) is 6.92 Å². The van der Waals surface area contributed by atoms with Crippen LogP contribution in [0.3, 0.4) is 0 Å². The van der Waals surface area contributed by atoms with E-state index in [0.29, 0.717) is 11.3 Å². The van der Waals surface area contributed by atoms with Gasteiger partial charge in [0.1, 0.15) is 5.75 Å². The average Bonchev–Trinajstić information content (AvgIpc) is 2.28. The van der Waals surface area contributed by atoms with Crippen molar-refractivity contribution in [2.75, 3.05) is 21.2 Å². The van der Waals surface area contributed by atoms with Gasteiger partial charge in [-0.3, -0.25) is 4.79 Å². The minimum Gasteiger partial charge on any atom is -0.496 e. The lowest BCUT2D eigenvalue weighted by molar-refractivity contribution is 0.0824. The summed E-state index contributed by atoms with van der Waals surface area (Å²) in [6.45, 7) is 2.11. The second kappa shape index (κ2) is 5.54. The highest BCUT2D eigenvalue weighted by molar-refractivity contribution is 5.97. The van der Waals surface area contributed by atoms with Gasteiger partial charge in [0.2, 0.25) is 0 Å². The summed E-state index contributed by atoms with van der Waals surface area (Å²) < 4.78 is 5.35. The second-order valence-electron chi connectivity index (χ2n) is 3.95. The van der Waals surface area contributed by atoms with Gasteiger partial charge < -0.3 is 9.64 Å². The molecule has 0 spiro atoms. The summed E-state index contributed by atoms with van der Waals surface area (Å²) in [6, 6.07) is 5.72. The Morgan fingerprint density at radius 1 is 1.38 bits per heavy atom. The van der Waals surface area contributed by atoms with E-state index in [1.807, 2.05) is 12.1 Å². The predicted molar refractivity (Wildman–Crippen MR) is 65.0 cm³/mol. The van der Waals surface area contributed by atoms with Gasteiger partial charge in [0.25, 0.3) is 5.91 Å². The molecule has 3 nitrogen and oxygen atoms in total. The third kappa shape index (κ3) is 2.54. The molecule has 0 radical (unpaired) electrons. The van der Waals surface area contributed by atoms with Crippen molar-refractivity contribution in [2.24, 2.45) is 0 Å². The lowest BCUT2D eigenvalue weighted by Crippen LogP contribution is -2.22. The van der Waals surface area contributed by atoms with Crippen LogP contribution in [0, 0.1) is 0 Å². The SMILES string of the molecule is CCCc1cccc(C(=O)N(C)C)c1OC. The molecule has 0 aliphatic carbocycles. The zero-order valence-electron chi connectivity index (χ0n) is 10.4. The minimum absolute atomic E-state index is 0.0187. The summed E-state index contributed by atoms with van der Waals surface area (Å²) in [7, 11) is 5.10. The molecule has 0 aliphatic heterocycles. The van der Waals surface area contributed by atoms with E-state index in [0.717, 1.165) is 18.4 Å². The molecule has 88 valence electrons. The molecule has 0 atom stereocenters. The Bertz CT molecular complexity index is 372. The Morgan fingerprint density at radius 2 is 2.06 bits per heavy atom. The predicted octanol–water partition coefficient (Wildman–Crippen LogP) is 2.35. The molecule has 1 amide bonds. The molecule has 0 N–H and O–H groups in total. The van der Waals surface area contributed by atoms with Crippen LogP contribution in [-0.2, 0) is 6.42 Å². The van der Waals surface area contributed by atoms with Crippen molar-refractivity contribution < 1.29 is 9.53 Å². The molecule has 0 fully saturated rings. The highest BCUT2D eigenvalue weighted by Gasteiger charge is 2.16. The van der Waals surface area contributed by atoms with E-state index < -0.39 is 0 Å². The summed E-state index contributed by atoms with van der Waals surface area (Å²) in [5.74, 6) is 0.692. The summed E-state index contributed by atoms with van der Waals surface area (Å²) in [6.07, 6.45) is 1.97. The van der Waals surface area contributed by atoms with Crippen LogP contribution >= 0.6 is 0 Å². The highest BCUT2D eigenvalue weighted by atomic mass is 16.5. The van der Waals surface area contributed by atoms with Crippen molar-refractivity contribution in [3.05, 3.63) is 29.3 Å². The summed E-state index contributed by atoms with van der Waals surface area (Å²) in [4.78, 5) is 13.5. The first-order chi connectivity index (χ1) is 7.61. The maximum atomic E-state index is 11.9. The minimum atomic E-state index is -0.0187. The first-order valence-corrected chi connectivity index (χ1v) is 5.49. The normalized spacial score (nSPS) is 10.0. The fraction of sp³-hybridized carbons (Fsp3) is 0.462. The average molecular weight is 221 g/mol. The van der Waals surface area contributed by atoms with Gasteiger partial charge in [-0.2, -0.15) is 0 Å². The van der Waals surface area contributed by atoms with Crippen LogP contribution in [0.25, 0.3) is 0 Å². The van der Waals surface area contributed by atoms with Crippen LogP contribution in [-0.4, -0.2) is 32.0 Å². The van der Waals surface area contributed by atoms with E-state index >= 15 is 0 Å². The molecule has 0 unspecified atom stereocenters. The van der Waals surface area contributed by atoms with Gasteiger partial charge in [-0.15, -0.1) is 0 Å². The number of amides is 1. The largest absolute Gasteiger partial charge is 0.496 e. The van der Waals surface area contributed by atoms with Crippen molar-refractivity contribution >= 4 is 5.91 Å². The number of nitrogens with zero attached hydrogens (tertiary/aromatic N) is 1. The first-order valence-electron chi connectivity index (χ1n) is 5.49. The number of para-hydroxylation sites is 1. The first kappa shape index (κ1) is 12.6. The number of rotatable bonds is 4. The Balaban J connectivity index is 3.18. The lowest BCUT2D eigenvalue weighted by Gasteiger charge is -2.15. The topological polar surface area (TPSA) is 29.5 Å². The van der Waals surface area contributed by atoms with Crippen LogP contribution in [0.15, 0.2) is 18.2 Å². The molecular formula is C13H19NO2. The standard InChI is InChI=1S/C13H19NO2/c1-5-7-10-8-6-9-11(12(10)16-4)13(15)14(2)3/h6,8-9H,5,7H2,1-4H3. The number of hydrogen-bond donors (Lipinski definition) is 0. The van der Waals surface area contributed by atoms with Crippen LogP contribution in [0.1, 0.15) is 29.3 Å². The fourth-order valence-electron chi connectivity index (χ4n) is 1.70. The third-order valence-corrected chi connectivity index (χ3v) is 2.46. The Labute approximate surface area is 97.0 Å². The van der Waals surface area contributed by atoms with E-state index in [4.69, 9.17) is 4.74 Å². The molecule has 0 saturated heterocycles. The van der Waals surface area contributed by atoms with Crippen LogP contribution in [0.2, 0.25) is 0 Å². The van der Waals surface area contributed by atoms with E-state index in [-0.39, 0.29) is 5.91 Å². The number of methoxy groups -OCH3 is 1. The van der Waals surface area contributed by atoms with Crippen molar-refractivity contribution in [1.29, 1.82) is 0 Å². The van der Waals surface area contributed by atoms with Crippen molar-refractivity contribution in [3.8, 4) is 5.75 Å². The van der Waals surface area contributed by atoms with Gasteiger partial charge in [-0.25, -0.2) is 0 Å². The van der Waals surface area contributed by atoms with Crippen molar-refractivity contribution in [2.45, 2.75) is 19.8 Å². The van der Waals surface area contributed by atoms with Crippen molar-refractivity contribution in [3.63, 3.8) is 0 Å². The van der Waals surface area contributed by atoms with Gasteiger partial charge in [0.05, 0.1) is 12.7 Å². The summed E-state index contributed by atoms with van der Waals surface area (Å²) in [5.41, 5.74) is 1.73. The molecule has 0 aromatic heterocycles. The van der Waals surface area contributed by atoms with E-state index in [9.17, 15) is 4.79 Å². The van der Waals surface area contributed by atoms with Crippen LogP contribution < -0.4 is 4.74 Å². The number of ether oxygens (including phenoxy) is 1. The lowest BCUT2D eigenvalue weighted by atomic mass is 10.0. The number of carbonyl (C=O) groups excluding carboxylic acids is 1. The molecule has 0 heterocycles. The Kier molecular flexibility index (Phi) is 4.35. The summed E-state index contributed by atoms with van der Waals surface area (Å²) >= 11 is 0.